The van der Waals surface area contributed by atoms with Crippen LogP contribution in [0.15, 0.2) is 0 Å². The molecule has 0 bridgehead atoms. The number of hydrogen-bond acceptors (Lipinski definition) is 1. The molecule has 0 aromatic carbocycles. The molecule has 2 rings (SSSR count). The van der Waals surface area contributed by atoms with Gasteiger partial charge in [-0.25, -0.2) is 0 Å². The van der Waals surface area contributed by atoms with E-state index in [1.165, 1.54) is 38.5 Å². The third-order valence-electron chi connectivity index (χ3n) is 3.97. The second-order valence-electron chi connectivity index (χ2n) is 5.01. The van der Waals surface area contributed by atoms with Gasteiger partial charge in [0, 0.05) is 0 Å². The van der Waals surface area contributed by atoms with Crippen LogP contribution in [0.2, 0.25) is 0 Å². The Bertz CT molecular complexity index is 148. The fourth-order valence-corrected chi connectivity index (χ4v) is 2.26. The van der Waals surface area contributed by atoms with Crippen LogP contribution in [-0.4, -0.2) is 6.54 Å². The van der Waals surface area contributed by atoms with Crippen molar-refractivity contribution in [3.8, 4) is 0 Å². The summed E-state index contributed by atoms with van der Waals surface area (Å²) in [7, 11) is 0. The summed E-state index contributed by atoms with van der Waals surface area (Å²) in [6, 6.07) is 0. The van der Waals surface area contributed by atoms with Gasteiger partial charge in [-0.15, -0.1) is 0 Å². The minimum Gasteiger partial charge on any atom is -0.330 e. The summed E-state index contributed by atoms with van der Waals surface area (Å²) in [5.74, 6) is 0. The first-order chi connectivity index (χ1) is 5.18. The molecule has 2 aliphatic rings. The molecule has 2 aliphatic carbocycles. The first-order valence-corrected chi connectivity index (χ1v) is 4.88. The molecule has 0 saturated heterocycles. The highest BCUT2D eigenvalue weighted by molar-refractivity contribution is 4.99. The maximum atomic E-state index is 5.75. The highest BCUT2D eigenvalue weighted by atomic mass is 14.6. The van der Waals surface area contributed by atoms with Crippen molar-refractivity contribution in [1.82, 2.24) is 0 Å². The van der Waals surface area contributed by atoms with Gasteiger partial charge < -0.3 is 5.73 Å². The van der Waals surface area contributed by atoms with Crippen molar-refractivity contribution in [3.05, 3.63) is 0 Å². The summed E-state index contributed by atoms with van der Waals surface area (Å²) in [6.07, 6.45) is 8.69. The Labute approximate surface area is 69.4 Å². The van der Waals surface area contributed by atoms with Crippen LogP contribution in [0.4, 0.5) is 0 Å². The molecule has 2 saturated carbocycles. The van der Waals surface area contributed by atoms with Crippen molar-refractivity contribution in [2.75, 3.05) is 6.54 Å². The van der Waals surface area contributed by atoms with Crippen molar-refractivity contribution in [3.63, 3.8) is 0 Å². The van der Waals surface area contributed by atoms with Gasteiger partial charge in [0.25, 0.3) is 0 Å². The number of rotatable bonds is 1. The minimum absolute atomic E-state index is 0.494. The molecule has 1 spiro atoms. The molecule has 0 radical (unpaired) electrons. The zero-order chi connectivity index (χ0) is 7.95. The van der Waals surface area contributed by atoms with Gasteiger partial charge in [-0.2, -0.15) is 0 Å². The van der Waals surface area contributed by atoms with Gasteiger partial charge in [-0.1, -0.05) is 6.92 Å². The molecular formula is C10H19N. The van der Waals surface area contributed by atoms with Gasteiger partial charge in [-0.3, -0.25) is 0 Å². The first kappa shape index (κ1) is 7.60. The summed E-state index contributed by atoms with van der Waals surface area (Å²) in [5, 5.41) is 0. The van der Waals surface area contributed by atoms with Gasteiger partial charge in [0.2, 0.25) is 0 Å². The molecule has 2 N–H and O–H groups in total. The highest BCUT2D eigenvalue weighted by Gasteiger charge is 2.47. The monoisotopic (exact) mass is 153 g/mol. The average Bonchev–Trinajstić information content (AvgIpc) is 2.78. The normalized spacial score (nSPS) is 32.2. The van der Waals surface area contributed by atoms with Crippen LogP contribution < -0.4 is 5.73 Å². The van der Waals surface area contributed by atoms with Crippen molar-refractivity contribution in [2.45, 2.75) is 45.4 Å². The molecule has 0 aromatic rings. The lowest BCUT2D eigenvalue weighted by Crippen LogP contribution is -2.32. The summed E-state index contributed by atoms with van der Waals surface area (Å²) in [5.41, 5.74) is 7.07. The Balaban J connectivity index is 1.93. The van der Waals surface area contributed by atoms with Crippen molar-refractivity contribution >= 4 is 0 Å². The molecule has 1 nitrogen and oxygen atoms in total. The lowest BCUT2D eigenvalue weighted by Gasteiger charge is -2.36. The Hall–Kier alpha value is -0.0400. The van der Waals surface area contributed by atoms with Crippen LogP contribution in [0, 0.1) is 10.8 Å². The fourth-order valence-electron chi connectivity index (χ4n) is 2.26. The fraction of sp³-hybridized carbons (Fsp3) is 1.00. The standard InChI is InChI=1S/C10H19N/c1-9(8-11)2-4-10(5-3-9)6-7-10/h2-8,11H2,1H3. The van der Waals surface area contributed by atoms with E-state index in [0.29, 0.717) is 5.41 Å². The van der Waals surface area contributed by atoms with Crippen LogP contribution in [0.25, 0.3) is 0 Å². The molecule has 0 amide bonds. The molecule has 2 fully saturated rings. The number of nitrogens with two attached hydrogens (primary N) is 1. The van der Waals surface area contributed by atoms with Crippen LogP contribution in [0.1, 0.15) is 45.4 Å². The van der Waals surface area contributed by atoms with E-state index in [-0.39, 0.29) is 0 Å². The van der Waals surface area contributed by atoms with E-state index >= 15 is 0 Å². The third-order valence-corrected chi connectivity index (χ3v) is 3.97. The van der Waals surface area contributed by atoms with Gasteiger partial charge in [0.15, 0.2) is 0 Å². The van der Waals surface area contributed by atoms with Crippen molar-refractivity contribution in [1.29, 1.82) is 0 Å². The number of hydrogen-bond donors (Lipinski definition) is 1. The zero-order valence-electron chi connectivity index (χ0n) is 7.53. The summed E-state index contributed by atoms with van der Waals surface area (Å²) >= 11 is 0. The van der Waals surface area contributed by atoms with Crippen LogP contribution >= 0.6 is 0 Å². The molecule has 0 aromatic heterocycles. The van der Waals surface area contributed by atoms with Gasteiger partial charge in [0.1, 0.15) is 0 Å². The van der Waals surface area contributed by atoms with Crippen LogP contribution in [-0.2, 0) is 0 Å². The van der Waals surface area contributed by atoms with E-state index in [4.69, 9.17) is 5.73 Å². The average molecular weight is 153 g/mol. The minimum atomic E-state index is 0.494. The quantitative estimate of drug-likeness (QED) is 0.614. The van der Waals surface area contributed by atoms with Crippen LogP contribution in [0.3, 0.4) is 0 Å². The van der Waals surface area contributed by atoms with E-state index in [1.54, 1.807) is 0 Å². The second kappa shape index (κ2) is 2.22. The smallest absolute Gasteiger partial charge is 0.00232 e. The largest absolute Gasteiger partial charge is 0.330 e. The van der Waals surface area contributed by atoms with E-state index in [0.717, 1.165) is 12.0 Å². The first-order valence-electron chi connectivity index (χ1n) is 4.88. The SMILES string of the molecule is CC1(CN)CCC2(CC1)CC2. The summed E-state index contributed by atoms with van der Waals surface area (Å²) in [6.45, 7) is 3.24. The molecule has 11 heavy (non-hydrogen) atoms. The van der Waals surface area contributed by atoms with E-state index in [1.807, 2.05) is 0 Å². The summed E-state index contributed by atoms with van der Waals surface area (Å²) in [4.78, 5) is 0. The predicted octanol–water partition coefficient (Wildman–Crippen LogP) is 2.31. The maximum absolute atomic E-state index is 5.75. The molecule has 64 valence electrons. The lowest BCUT2D eigenvalue weighted by atomic mass is 9.70. The molecule has 0 atom stereocenters. The van der Waals surface area contributed by atoms with E-state index in [9.17, 15) is 0 Å². The Morgan fingerprint density at radius 2 is 1.45 bits per heavy atom. The summed E-state index contributed by atoms with van der Waals surface area (Å²) < 4.78 is 0. The highest BCUT2D eigenvalue weighted by Crippen LogP contribution is 2.59. The predicted molar refractivity (Wildman–Crippen MR) is 47.3 cm³/mol. The van der Waals surface area contributed by atoms with Gasteiger partial charge in [-0.05, 0) is 55.9 Å². The molecule has 0 aliphatic heterocycles. The molecule has 1 heteroatoms. The zero-order valence-corrected chi connectivity index (χ0v) is 7.53. The van der Waals surface area contributed by atoms with E-state index < -0.39 is 0 Å². The molecule has 0 heterocycles. The van der Waals surface area contributed by atoms with Crippen molar-refractivity contribution < 1.29 is 0 Å². The Morgan fingerprint density at radius 3 is 1.82 bits per heavy atom. The second-order valence-corrected chi connectivity index (χ2v) is 5.01. The Morgan fingerprint density at radius 1 is 1.00 bits per heavy atom. The molecular weight excluding hydrogens is 134 g/mol. The molecule has 0 unspecified atom stereocenters. The van der Waals surface area contributed by atoms with Gasteiger partial charge >= 0.3 is 0 Å². The van der Waals surface area contributed by atoms with E-state index in [2.05, 4.69) is 6.92 Å². The van der Waals surface area contributed by atoms with Crippen LogP contribution in [0.5, 0.6) is 0 Å². The third kappa shape index (κ3) is 1.31. The topological polar surface area (TPSA) is 26.0 Å². The van der Waals surface area contributed by atoms with Gasteiger partial charge in [0.05, 0.1) is 0 Å². The van der Waals surface area contributed by atoms with Crippen molar-refractivity contribution in [2.24, 2.45) is 16.6 Å². The lowest BCUT2D eigenvalue weighted by molar-refractivity contribution is 0.166. The Kier molecular flexibility index (Phi) is 1.54. The maximum Gasteiger partial charge on any atom is -0.00232 e.